The Kier molecular flexibility index (Phi) is 5.04. The van der Waals surface area contributed by atoms with E-state index in [9.17, 15) is 65.9 Å². The molecule has 0 nitrogen and oxygen atoms in total. The average Bonchev–Trinajstić information content (AvgIpc) is 2.61. The lowest BCUT2D eigenvalue weighted by molar-refractivity contribution is -0.170. The van der Waals surface area contributed by atoms with Crippen molar-refractivity contribution < 1.29 is 65.9 Å². The molecular weight excluding hydrogens is 405 g/mol. The Morgan fingerprint density at radius 3 is 0.360 bits per heavy atom. The number of hydrogen-bond donors (Lipinski definition) is 0. The summed E-state index contributed by atoms with van der Waals surface area (Å²) in [5, 5.41) is 0. The van der Waals surface area contributed by atoms with Crippen LogP contribution < -0.4 is 0 Å². The van der Waals surface area contributed by atoms with Gasteiger partial charge in [-0.25, -0.2) is 0 Å². The third kappa shape index (κ3) is 4.20. The van der Waals surface area contributed by atoms with Gasteiger partial charge in [0, 0.05) is 0 Å². The van der Waals surface area contributed by atoms with Gasteiger partial charge in [-0.2, -0.15) is 65.9 Å². The molecule has 5 radical (unpaired) electrons. The van der Waals surface area contributed by atoms with Crippen LogP contribution in [0.3, 0.4) is 0 Å². The van der Waals surface area contributed by atoms with Crippen LogP contribution >= 0.6 is 0 Å². The van der Waals surface area contributed by atoms with Crippen LogP contribution in [0.15, 0.2) is 0 Å². The lowest BCUT2D eigenvalue weighted by atomic mass is 9.85. The van der Waals surface area contributed by atoms with E-state index in [4.69, 9.17) is 0 Å². The molecule has 0 amide bonds. The maximum absolute atomic E-state index is 12.6. The van der Waals surface area contributed by atoms with Gasteiger partial charge < -0.3 is 0 Å². The van der Waals surface area contributed by atoms with Crippen molar-refractivity contribution in [2.45, 2.75) is 30.9 Å². The Morgan fingerprint density at radius 2 is 0.320 bits per heavy atom. The van der Waals surface area contributed by atoms with E-state index < -0.39 is 60.5 Å². The average molecular weight is 405 g/mol. The SMILES string of the molecule is FC(F)(F)[C]1[C](C(F)(F)F)[C](C(F)(F)F)[C](C(F)(F)F)[C]1C(F)(F)F. The normalized spacial score (nSPS) is 22.2. The van der Waals surface area contributed by atoms with E-state index in [1.165, 1.54) is 0 Å². The zero-order valence-electron chi connectivity index (χ0n) is 10.7. The van der Waals surface area contributed by atoms with E-state index in [-0.39, 0.29) is 0 Å². The van der Waals surface area contributed by atoms with Crippen molar-refractivity contribution in [2.75, 3.05) is 0 Å². The Labute approximate surface area is 128 Å². The highest BCUT2D eigenvalue weighted by molar-refractivity contribution is 5.69. The molecule has 0 aliphatic heterocycles. The van der Waals surface area contributed by atoms with Crippen LogP contribution in [0.5, 0.6) is 0 Å². The molecule has 1 aliphatic carbocycles. The van der Waals surface area contributed by atoms with Crippen LogP contribution in [0.1, 0.15) is 0 Å². The first-order valence-corrected chi connectivity index (χ1v) is 5.33. The van der Waals surface area contributed by atoms with E-state index in [1.807, 2.05) is 0 Å². The first-order chi connectivity index (χ1) is 10.6. The standard InChI is InChI=1S/C10F15/c11-6(12,13)1-2(7(14,15)16)4(9(20,21)22)5(10(23,24)25)3(1)8(17,18)19. The lowest BCUT2D eigenvalue weighted by Crippen LogP contribution is -2.41. The minimum Gasteiger partial charge on any atom is -0.170 e. The maximum atomic E-state index is 12.6. The van der Waals surface area contributed by atoms with Crippen molar-refractivity contribution in [3.05, 3.63) is 29.6 Å². The van der Waals surface area contributed by atoms with Crippen LogP contribution in [0.4, 0.5) is 65.9 Å². The smallest absolute Gasteiger partial charge is 0.170 e. The van der Waals surface area contributed by atoms with Gasteiger partial charge in [0.05, 0.1) is 0 Å². The molecular formula is C10F15. The fourth-order valence-electron chi connectivity index (χ4n) is 2.04. The van der Waals surface area contributed by atoms with Crippen LogP contribution in [-0.4, -0.2) is 30.9 Å². The second-order valence-electron chi connectivity index (χ2n) is 4.36. The van der Waals surface area contributed by atoms with E-state index in [0.29, 0.717) is 0 Å². The zero-order chi connectivity index (χ0) is 20.4. The van der Waals surface area contributed by atoms with Gasteiger partial charge >= 0.3 is 30.9 Å². The third-order valence-electron chi connectivity index (χ3n) is 2.67. The van der Waals surface area contributed by atoms with E-state index >= 15 is 0 Å². The van der Waals surface area contributed by atoms with Gasteiger partial charge in [0.15, 0.2) is 0 Å². The predicted octanol–water partition coefficient (Wildman–Crippen LogP) is 5.68. The molecule has 1 rings (SSSR count). The van der Waals surface area contributed by atoms with Gasteiger partial charge in [-0.05, 0) is 0 Å². The lowest BCUT2D eigenvalue weighted by Gasteiger charge is -2.29. The highest BCUT2D eigenvalue weighted by atomic mass is 19.4. The fraction of sp³-hybridized carbons (Fsp3) is 0.500. The molecule has 0 unspecified atom stereocenters. The minimum absolute atomic E-state index is 4.09. The quantitative estimate of drug-likeness (QED) is 0.455. The molecule has 0 bridgehead atoms. The van der Waals surface area contributed by atoms with Crippen molar-refractivity contribution in [3.63, 3.8) is 0 Å². The molecule has 0 aromatic heterocycles. The topological polar surface area (TPSA) is 0 Å². The van der Waals surface area contributed by atoms with E-state index in [0.717, 1.165) is 0 Å². The summed E-state index contributed by atoms with van der Waals surface area (Å²) >= 11 is 0. The van der Waals surface area contributed by atoms with E-state index in [1.54, 1.807) is 0 Å². The first-order valence-electron chi connectivity index (χ1n) is 5.33. The Hall–Kier alpha value is -1.05. The zero-order valence-corrected chi connectivity index (χ0v) is 10.7. The van der Waals surface area contributed by atoms with Gasteiger partial charge in [-0.1, -0.05) is 0 Å². The predicted molar refractivity (Wildman–Crippen MR) is 46.5 cm³/mol. The molecule has 0 aromatic carbocycles. The molecule has 1 aliphatic rings. The molecule has 15 heteroatoms. The Bertz CT molecular complexity index is 357. The molecule has 0 aromatic rings. The van der Waals surface area contributed by atoms with Crippen molar-refractivity contribution >= 4 is 0 Å². The van der Waals surface area contributed by atoms with Crippen LogP contribution in [0.25, 0.3) is 0 Å². The summed E-state index contributed by atoms with van der Waals surface area (Å²) in [6.07, 6.45) is -34.0. The van der Waals surface area contributed by atoms with Gasteiger partial charge in [0.2, 0.25) is 0 Å². The summed E-state index contributed by atoms with van der Waals surface area (Å²) < 4.78 is 189. The summed E-state index contributed by atoms with van der Waals surface area (Å²) in [6, 6.07) is 0. The molecule has 1 fully saturated rings. The monoisotopic (exact) mass is 405 g/mol. The first kappa shape index (κ1) is 22.0. The van der Waals surface area contributed by atoms with Crippen molar-refractivity contribution in [1.29, 1.82) is 0 Å². The number of halogens is 15. The van der Waals surface area contributed by atoms with Crippen molar-refractivity contribution in [3.8, 4) is 0 Å². The van der Waals surface area contributed by atoms with Gasteiger partial charge in [0.25, 0.3) is 0 Å². The second kappa shape index (κ2) is 5.72. The van der Waals surface area contributed by atoms with Crippen molar-refractivity contribution in [1.82, 2.24) is 0 Å². The third-order valence-corrected chi connectivity index (χ3v) is 2.67. The second-order valence-corrected chi connectivity index (χ2v) is 4.36. The summed E-state index contributed by atoms with van der Waals surface area (Å²) in [4.78, 5) is 0. The molecule has 0 N–H and O–H groups in total. The number of rotatable bonds is 0. The molecule has 145 valence electrons. The molecule has 25 heavy (non-hydrogen) atoms. The summed E-state index contributed by atoms with van der Waals surface area (Å²) in [5.41, 5.74) is 0. The van der Waals surface area contributed by atoms with Crippen LogP contribution in [0, 0.1) is 29.6 Å². The largest absolute Gasteiger partial charge is 0.397 e. The summed E-state index contributed by atoms with van der Waals surface area (Å²) in [7, 11) is 0. The molecule has 0 heterocycles. The number of alkyl halides is 15. The summed E-state index contributed by atoms with van der Waals surface area (Å²) in [5.74, 6) is -20.5. The van der Waals surface area contributed by atoms with Gasteiger partial charge in [-0.3, -0.25) is 0 Å². The Balaban J connectivity index is 3.84. The van der Waals surface area contributed by atoms with Crippen LogP contribution in [-0.2, 0) is 0 Å². The highest BCUT2D eigenvalue weighted by Crippen LogP contribution is 2.72. The summed E-state index contributed by atoms with van der Waals surface area (Å²) in [6.45, 7) is 0. The molecule has 0 spiro atoms. The highest BCUT2D eigenvalue weighted by Gasteiger charge is 2.83. The van der Waals surface area contributed by atoms with Gasteiger partial charge in [-0.15, -0.1) is 0 Å². The van der Waals surface area contributed by atoms with Gasteiger partial charge in [0.1, 0.15) is 29.6 Å². The molecule has 1 saturated carbocycles. The number of hydrogen-bond acceptors (Lipinski definition) is 0. The van der Waals surface area contributed by atoms with E-state index in [2.05, 4.69) is 0 Å². The molecule has 0 saturated heterocycles. The fourth-order valence-corrected chi connectivity index (χ4v) is 2.04. The minimum atomic E-state index is -6.81. The Morgan fingerprint density at radius 1 is 0.240 bits per heavy atom. The molecule has 0 atom stereocenters. The maximum Gasteiger partial charge on any atom is 0.397 e. The van der Waals surface area contributed by atoms with Crippen molar-refractivity contribution in [2.24, 2.45) is 0 Å². The van der Waals surface area contributed by atoms with Crippen LogP contribution in [0.2, 0.25) is 0 Å².